The Labute approximate surface area is 128 Å². The number of ether oxygens (including phenoxy) is 1. The Morgan fingerprint density at radius 2 is 2.00 bits per heavy atom. The van der Waals surface area contributed by atoms with Gasteiger partial charge in [-0.15, -0.1) is 0 Å². The van der Waals surface area contributed by atoms with Crippen LogP contribution in [0, 0.1) is 17.3 Å². The molecule has 1 saturated heterocycles. The fraction of sp³-hybridized carbons (Fsp3) is 0.941. The van der Waals surface area contributed by atoms with E-state index in [0.717, 1.165) is 25.0 Å². The molecule has 0 aromatic rings. The molecule has 4 rings (SSSR count). The van der Waals surface area contributed by atoms with Gasteiger partial charge < -0.3 is 15.4 Å². The standard InChI is InChI=1S/C17H29N3O/c1-18-16(19-11-12-5-4-6-12)20-14-13-7-10-21-15(13)17(14)8-2-3-9-17/h12-15H,2-11H2,1H3,(H2,18,19,20). The molecule has 0 amide bonds. The molecular formula is C17H29N3O. The molecule has 3 atom stereocenters. The Kier molecular flexibility index (Phi) is 3.60. The van der Waals surface area contributed by atoms with Crippen molar-refractivity contribution < 1.29 is 4.74 Å². The van der Waals surface area contributed by atoms with Crippen molar-refractivity contribution in [2.75, 3.05) is 20.2 Å². The van der Waals surface area contributed by atoms with Crippen molar-refractivity contribution in [1.82, 2.24) is 10.6 Å². The monoisotopic (exact) mass is 291 g/mol. The molecule has 4 aliphatic rings. The lowest BCUT2D eigenvalue weighted by Gasteiger charge is -2.57. The molecule has 21 heavy (non-hydrogen) atoms. The van der Waals surface area contributed by atoms with E-state index in [2.05, 4.69) is 15.6 Å². The predicted molar refractivity (Wildman–Crippen MR) is 84.4 cm³/mol. The van der Waals surface area contributed by atoms with E-state index >= 15 is 0 Å². The molecule has 1 spiro atoms. The largest absolute Gasteiger partial charge is 0.377 e. The van der Waals surface area contributed by atoms with E-state index in [4.69, 9.17) is 4.74 Å². The molecule has 0 bridgehead atoms. The summed E-state index contributed by atoms with van der Waals surface area (Å²) in [7, 11) is 1.90. The molecule has 4 heteroatoms. The van der Waals surface area contributed by atoms with Crippen molar-refractivity contribution in [2.24, 2.45) is 22.2 Å². The number of hydrogen-bond acceptors (Lipinski definition) is 2. The van der Waals surface area contributed by atoms with Crippen molar-refractivity contribution in [2.45, 2.75) is 63.5 Å². The summed E-state index contributed by atoms with van der Waals surface area (Å²) in [6.45, 7) is 2.05. The van der Waals surface area contributed by atoms with Crippen LogP contribution in [0.3, 0.4) is 0 Å². The van der Waals surface area contributed by atoms with Crippen LogP contribution in [-0.2, 0) is 4.74 Å². The van der Waals surface area contributed by atoms with E-state index in [1.165, 1.54) is 51.4 Å². The zero-order chi connectivity index (χ0) is 14.3. The molecule has 3 saturated carbocycles. The average Bonchev–Trinajstić information content (AvgIpc) is 3.08. The minimum atomic E-state index is 0.412. The Morgan fingerprint density at radius 1 is 1.19 bits per heavy atom. The number of rotatable bonds is 3. The summed E-state index contributed by atoms with van der Waals surface area (Å²) in [5.74, 6) is 2.60. The van der Waals surface area contributed by atoms with Crippen LogP contribution in [0.2, 0.25) is 0 Å². The third kappa shape index (κ3) is 2.18. The van der Waals surface area contributed by atoms with E-state index in [-0.39, 0.29) is 0 Å². The first kappa shape index (κ1) is 13.9. The van der Waals surface area contributed by atoms with Crippen molar-refractivity contribution >= 4 is 5.96 Å². The average molecular weight is 291 g/mol. The number of guanidine groups is 1. The second-order valence-corrected chi connectivity index (χ2v) is 7.56. The molecule has 4 fully saturated rings. The lowest BCUT2D eigenvalue weighted by molar-refractivity contribution is -0.125. The Morgan fingerprint density at radius 3 is 2.67 bits per heavy atom. The maximum absolute atomic E-state index is 6.06. The van der Waals surface area contributed by atoms with E-state index in [1.54, 1.807) is 0 Å². The zero-order valence-electron chi connectivity index (χ0n) is 13.2. The minimum Gasteiger partial charge on any atom is -0.377 e. The normalized spacial score (nSPS) is 38.0. The van der Waals surface area contributed by atoms with Gasteiger partial charge in [-0.1, -0.05) is 19.3 Å². The smallest absolute Gasteiger partial charge is 0.191 e. The van der Waals surface area contributed by atoms with Crippen LogP contribution in [0.15, 0.2) is 4.99 Å². The predicted octanol–water partition coefficient (Wildman–Crippen LogP) is 2.30. The number of nitrogens with zero attached hydrogens (tertiary/aromatic N) is 1. The van der Waals surface area contributed by atoms with Gasteiger partial charge in [-0.25, -0.2) is 0 Å². The summed E-state index contributed by atoms with van der Waals surface area (Å²) < 4.78 is 6.06. The zero-order valence-corrected chi connectivity index (χ0v) is 13.2. The van der Waals surface area contributed by atoms with Gasteiger partial charge in [0.1, 0.15) is 0 Å². The molecule has 4 nitrogen and oxygen atoms in total. The first-order valence-corrected chi connectivity index (χ1v) is 8.92. The maximum atomic E-state index is 6.06. The topological polar surface area (TPSA) is 45.7 Å². The van der Waals surface area contributed by atoms with Crippen LogP contribution in [-0.4, -0.2) is 38.3 Å². The molecule has 118 valence electrons. The number of nitrogens with one attached hydrogen (secondary N) is 2. The second-order valence-electron chi connectivity index (χ2n) is 7.56. The summed E-state index contributed by atoms with van der Waals surface area (Å²) in [5, 5.41) is 7.32. The fourth-order valence-corrected chi connectivity index (χ4v) is 5.18. The highest BCUT2D eigenvalue weighted by Gasteiger charge is 2.65. The number of fused-ring (bicyclic) bond motifs is 2. The van der Waals surface area contributed by atoms with E-state index < -0.39 is 0 Å². The molecule has 0 aromatic heterocycles. The first-order valence-electron chi connectivity index (χ1n) is 8.92. The summed E-state index contributed by atoms with van der Waals surface area (Å²) in [5.41, 5.74) is 0.412. The summed E-state index contributed by atoms with van der Waals surface area (Å²) >= 11 is 0. The molecule has 0 aromatic carbocycles. The highest BCUT2D eigenvalue weighted by molar-refractivity contribution is 5.80. The molecule has 1 aliphatic heterocycles. The van der Waals surface area contributed by atoms with Crippen molar-refractivity contribution in [3.8, 4) is 0 Å². The molecule has 1 heterocycles. The second kappa shape index (κ2) is 5.45. The lowest BCUT2D eigenvalue weighted by atomic mass is 9.54. The summed E-state index contributed by atoms with van der Waals surface area (Å²) in [6, 6.07) is 0.583. The molecule has 0 radical (unpaired) electrons. The summed E-state index contributed by atoms with van der Waals surface area (Å²) in [4.78, 5) is 4.46. The van der Waals surface area contributed by atoms with E-state index in [1.807, 2.05) is 7.05 Å². The first-order chi connectivity index (χ1) is 10.3. The molecule has 2 N–H and O–H groups in total. The number of aliphatic imine (C=N–C) groups is 1. The van der Waals surface area contributed by atoms with Crippen molar-refractivity contribution in [3.63, 3.8) is 0 Å². The van der Waals surface area contributed by atoms with Crippen molar-refractivity contribution in [3.05, 3.63) is 0 Å². The van der Waals surface area contributed by atoms with Gasteiger partial charge in [-0.3, -0.25) is 4.99 Å². The Balaban J connectivity index is 1.39. The van der Waals surface area contributed by atoms with Crippen molar-refractivity contribution in [1.29, 1.82) is 0 Å². The van der Waals surface area contributed by atoms with Gasteiger partial charge in [0.15, 0.2) is 5.96 Å². The van der Waals surface area contributed by atoms with Crippen LogP contribution < -0.4 is 10.6 Å². The van der Waals surface area contributed by atoms with Crippen LogP contribution in [0.1, 0.15) is 51.4 Å². The number of hydrogen-bond donors (Lipinski definition) is 2. The van der Waals surface area contributed by atoms with Crippen LogP contribution in [0.25, 0.3) is 0 Å². The van der Waals surface area contributed by atoms with Crippen LogP contribution in [0.4, 0.5) is 0 Å². The summed E-state index contributed by atoms with van der Waals surface area (Å²) in [6.07, 6.45) is 11.4. The van der Waals surface area contributed by atoms with Gasteiger partial charge in [0.25, 0.3) is 0 Å². The van der Waals surface area contributed by atoms with Gasteiger partial charge in [0.05, 0.1) is 6.10 Å². The quantitative estimate of drug-likeness (QED) is 0.619. The van der Waals surface area contributed by atoms with Crippen LogP contribution in [0.5, 0.6) is 0 Å². The van der Waals surface area contributed by atoms with Crippen LogP contribution >= 0.6 is 0 Å². The Bertz CT molecular complexity index is 412. The van der Waals surface area contributed by atoms with Gasteiger partial charge in [-0.2, -0.15) is 0 Å². The van der Waals surface area contributed by atoms with E-state index in [9.17, 15) is 0 Å². The van der Waals surface area contributed by atoms with Gasteiger partial charge in [0, 0.05) is 37.6 Å². The third-order valence-electron chi connectivity index (χ3n) is 6.58. The minimum absolute atomic E-state index is 0.412. The molecule has 3 aliphatic carbocycles. The molecule has 3 unspecified atom stereocenters. The van der Waals surface area contributed by atoms with Gasteiger partial charge in [-0.05, 0) is 38.0 Å². The van der Waals surface area contributed by atoms with Gasteiger partial charge in [0.2, 0.25) is 0 Å². The third-order valence-corrected chi connectivity index (χ3v) is 6.58. The fourth-order valence-electron chi connectivity index (χ4n) is 5.18. The molecular weight excluding hydrogens is 262 g/mol. The Hall–Kier alpha value is -0.770. The SMILES string of the molecule is CN=C(NCC1CCC1)NC1C2CCOC2C12CCCC2. The van der Waals surface area contributed by atoms with E-state index in [0.29, 0.717) is 23.5 Å². The van der Waals surface area contributed by atoms with Gasteiger partial charge >= 0.3 is 0 Å². The maximum Gasteiger partial charge on any atom is 0.191 e. The highest BCUT2D eigenvalue weighted by Crippen LogP contribution is 2.60. The lowest BCUT2D eigenvalue weighted by Crippen LogP contribution is -2.69. The highest BCUT2D eigenvalue weighted by atomic mass is 16.5.